The summed E-state index contributed by atoms with van der Waals surface area (Å²) in [5.41, 5.74) is 0. The molecule has 0 saturated heterocycles. The fourth-order valence-electron chi connectivity index (χ4n) is 1.21. The molecule has 1 aromatic heterocycles. The fourth-order valence-corrected chi connectivity index (χ4v) is 1.83. The highest BCUT2D eigenvalue weighted by molar-refractivity contribution is 7.10. The van der Waals surface area contributed by atoms with Crippen LogP contribution < -0.4 is 0 Å². The second kappa shape index (κ2) is 6.80. The second-order valence-corrected chi connectivity index (χ2v) is 4.15. The molecule has 2 nitrogen and oxygen atoms in total. The highest BCUT2D eigenvalue weighted by atomic mass is 32.1. The molecule has 0 atom stereocenters. The number of hydrogen-bond acceptors (Lipinski definition) is 2. The first-order valence-corrected chi connectivity index (χ1v) is 5.88. The van der Waals surface area contributed by atoms with Crippen LogP contribution in [0.3, 0.4) is 0 Å². The summed E-state index contributed by atoms with van der Waals surface area (Å²) in [6, 6.07) is 3.93. The van der Waals surface area contributed by atoms with Gasteiger partial charge < -0.3 is 4.90 Å². The number of thiophene rings is 1. The van der Waals surface area contributed by atoms with E-state index in [1.165, 1.54) is 0 Å². The SMILES string of the molecule is C=CCN(CC=C)C(=O)C=Cc1cccs1. The molecule has 1 amide bonds. The van der Waals surface area contributed by atoms with Gasteiger partial charge in [-0.2, -0.15) is 0 Å². The normalized spacial score (nSPS) is 10.2. The number of carbonyl (C=O) groups is 1. The highest BCUT2D eigenvalue weighted by Gasteiger charge is 2.05. The molecule has 0 aliphatic rings. The van der Waals surface area contributed by atoms with Crippen molar-refractivity contribution in [2.45, 2.75) is 0 Å². The second-order valence-electron chi connectivity index (χ2n) is 3.17. The number of hydrogen-bond donors (Lipinski definition) is 0. The Bertz CT molecular complexity index is 369. The third-order valence-corrected chi connectivity index (χ3v) is 2.78. The van der Waals surface area contributed by atoms with Gasteiger partial charge in [0.25, 0.3) is 0 Å². The highest BCUT2D eigenvalue weighted by Crippen LogP contribution is 2.10. The van der Waals surface area contributed by atoms with Crippen LogP contribution in [0.5, 0.6) is 0 Å². The zero-order valence-electron chi connectivity index (χ0n) is 9.13. The van der Waals surface area contributed by atoms with Crippen molar-refractivity contribution >= 4 is 23.3 Å². The van der Waals surface area contributed by atoms with Crippen LogP contribution in [0.1, 0.15) is 4.88 Å². The molecular weight excluding hydrogens is 218 g/mol. The molecule has 0 saturated carbocycles. The van der Waals surface area contributed by atoms with Gasteiger partial charge in [0, 0.05) is 24.0 Å². The van der Waals surface area contributed by atoms with E-state index in [9.17, 15) is 4.79 Å². The molecular formula is C13H15NOS. The molecule has 0 fully saturated rings. The van der Waals surface area contributed by atoms with E-state index in [4.69, 9.17) is 0 Å². The predicted molar refractivity (Wildman–Crippen MR) is 70.3 cm³/mol. The number of carbonyl (C=O) groups excluding carboxylic acids is 1. The van der Waals surface area contributed by atoms with Crippen molar-refractivity contribution in [2.75, 3.05) is 13.1 Å². The Balaban J connectivity index is 2.60. The van der Waals surface area contributed by atoms with Crippen LogP contribution in [-0.2, 0) is 4.79 Å². The van der Waals surface area contributed by atoms with Gasteiger partial charge in [0.05, 0.1) is 0 Å². The molecule has 1 aromatic rings. The molecule has 1 heterocycles. The van der Waals surface area contributed by atoms with Gasteiger partial charge in [0.1, 0.15) is 0 Å². The monoisotopic (exact) mass is 233 g/mol. The summed E-state index contributed by atoms with van der Waals surface area (Å²) in [7, 11) is 0. The maximum absolute atomic E-state index is 11.8. The lowest BCUT2D eigenvalue weighted by molar-refractivity contribution is -0.124. The van der Waals surface area contributed by atoms with Gasteiger partial charge in [-0.05, 0) is 17.5 Å². The lowest BCUT2D eigenvalue weighted by Crippen LogP contribution is -2.29. The van der Waals surface area contributed by atoms with Gasteiger partial charge in [-0.1, -0.05) is 18.2 Å². The van der Waals surface area contributed by atoms with Crippen molar-refractivity contribution in [3.63, 3.8) is 0 Å². The van der Waals surface area contributed by atoms with Crippen LogP contribution in [0.2, 0.25) is 0 Å². The Morgan fingerprint density at radius 2 is 2.06 bits per heavy atom. The van der Waals surface area contributed by atoms with Crippen molar-refractivity contribution in [3.05, 3.63) is 53.8 Å². The first kappa shape index (κ1) is 12.5. The molecule has 0 bridgehead atoms. The van der Waals surface area contributed by atoms with Crippen LogP contribution in [0.4, 0.5) is 0 Å². The van der Waals surface area contributed by atoms with E-state index >= 15 is 0 Å². The molecule has 3 heteroatoms. The van der Waals surface area contributed by atoms with Crippen molar-refractivity contribution in [1.29, 1.82) is 0 Å². The Morgan fingerprint density at radius 1 is 1.38 bits per heavy atom. The maximum Gasteiger partial charge on any atom is 0.247 e. The lowest BCUT2D eigenvalue weighted by atomic mass is 10.3. The molecule has 1 rings (SSSR count). The summed E-state index contributed by atoms with van der Waals surface area (Å²) in [5.74, 6) is -0.0202. The molecule has 0 aliphatic heterocycles. The molecule has 0 aliphatic carbocycles. The number of nitrogens with zero attached hydrogens (tertiary/aromatic N) is 1. The summed E-state index contributed by atoms with van der Waals surface area (Å²) in [5, 5.41) is 1.98. The molecule has 0 unspecified atom stereocenters. The van der Waals surface area contributed by atoms with Gasteiger partial charge in [0.15, 0.2) is 0 Å². The molecule has 0 aromatic carbocycles. The summed E-state index contributed by atoms with van der Waals surface area (Å²) in [4.78, 5) is 14.5. The predicted octanol–water partition coefficient (Wildman–Crippen LogP) is 2.96. The first-order chi connectivity index (χ1) is 7.77. The molecule has 16 heavy (non-hydrogen) atoms. The van der Waals surface area contributed by atoms with E-state index in [-0.39, 0.29) is 5.91 Å². The Labute approximate surface area is 100 Å². The zero-order valence-corrected chi connectivity index (χ0v) is 9.95. The Hall–Kier alpha value is -1.61. The van der Waals surface area contributed by atoms with Crippen LogP contribution in [0.25, 0.3) is 6.08 Å². The Morgan fingerprint density at radius 3 is 2.56 bits per heavy atom. The van der Waals surface area contributed by atoms with E-state index in [0.717, 1.165) is 4.88 Å². The largest absolute Gasteiger partial charge is 0.332 e. The summed E-state index contributed by atoms with van der Waals surface area (Å²) in [6.45, 7) is 8.33. The maximum atomic E-state index is 11.8. The summed E-state index contributed by atoms with van der Waals surface area (Å²) >= 11 is 1.61. The third-order valence-electron chi connectivity index (χ3n) is 1.94. The van der Waals surface area contributed by atoms with Crippen LogP contribution in [0.15, 0.2) is 48.9 Å². The van der Waals surface area contributed by atoms with E-state index in [1.807, 2.05) is 23.6 Å². The van der Waals surface area contributed by atoms with Crippen molar-refractivity contribution in [2.24, 2.45) is 0 Å². The lowest BCUT2D eigenvalue weighted by Gasteiger charge is -2.16. The van der Waals surface area contributed by atoms with E-state index < -0.39 is 0 Å². The van der Waals surface area contributed by atoms with E-state index in [2.05, 4.69) is 13.2 Å². The van der Waals surface area contributed by atoms with E-state index in [0.29, 0.717) is 13.1 Å². The first-order valence-electron chi connectivity index (χ1n) is 5.00. The van der Waals surface area contributed by atoms with Gasteiger partial charge in [-0.25, -0.2) is 0 Å². The van der Waals surface area contributed by atoms with Crippen LogP contribution >= 0.6 is 11.3 Å². The van der Waals surface area contributed by atoms with Crippen molar-refractivity contribution < 1.29 is 4.79 Å². The summed E-state index contributed by atoms with van der Waals surface area (Å²) in [6.07, 6.45) is 6.83. The topological polar surface area (TPSA) is 20.3 Å². The molecule has 0 spiro atoms. The van der Waals surface area contributed by atoms with Gasteiger partial charge in [0.2, 0.25) is 5.91 Å². The van der Waals surface area contributed by atoms with Crippen LogP contribution in [-0.4, -0.2) is 23.9 Å². The minimum Gasteiger partial charge on any atom is -0.332 e. The number of amides is 1. The van der Waals surface area contributed by atoms with Crippen LogP contribution in [0, 0.1) is 0 Å². The zero-order chi connectivity index (χ0) is 11.8. The minimum absolute atomic E-state index is 0.0202. The minimum atomic E-state index is -0.0202. The standard InChI is InChI=1S/C13H15NOS/c1-3-9-14(10-4-2)13(15)8-7-12-6-5-11-16-12/h3-8,11H,1-2,9-10H2. The fraction of sp³-hybridized carbons (Fsp3) is 0.154. The molecule has 0 radical (unpaired) electrons. The Kier molecular flexibility index (Phi) is 5.29. The average molecular weight is 233 g/mol. The van der Waals surface area contributed by atoms with Gasteiger partial charge >= 0.3 is 0 Å². The quantitative estimate of drug-likeness (QED) is 0.546. The smallest absolute Gasteiger partial charge is 0.247 e. The average Bonchev–Trinajstić information content (AvgIpc) is 2.78. The third kappa shape index (κ3) is 3.87. The molecule has 0 N–H and O–H groups in total. The number of rotatable bonds is 6. The van der Waals surface area contributed by atoms with Crippen molar-refractivity contribution in [1.82, 2.24) is 4.90 Å². The van der Waals surface area contributed by atoms with Gasteiger partial charge in [-0.15, -0.1) is 24.5 Å². The van der Waals surface area contributed by atoms with E-state index in [1.54, 1.807) is 34.5 Å². The van der Waals surface area contributed by atoms with Crippen molar-refractivity contribution in [3.8, 4) is 0 Å². The van der Waals surface area contributed by atoms with Gasteiger partial charge in [-0.3, -0.25) is 4.79 Å². The summed E-state index contributed by atoms with van der Waals surface area (Å²) < 4.78 is 0. The molecule has 84 valence electrons.